The van der Waals surface area contributed by atoms with Crippen LogP contribution in [0.5, 0.6) is 0 Å². The lowest BCUT2D eigenvalue weighted by Gasteiger charge is -2.28. The molecule has 0 aliphatic heterocycles. The van der Waals surface area contributed by atoms with Crippen molar-refractivity contribution in [2.45, 2.75) is 40.2 Å². The van der Waals surface area contributed by atoms with Crippen LogP contribution in [0.1, 0.15) is 34.1 Å². The monoisotopic (exact) mass is 243 g/mol. The summed E-state index contributed by atoms with van der Waals surface area (Å²) in [4.78, 5) is 14.1. The number of carbonyl (C=O) groups is 1. The normalized spacial score (nSPS) is 14.2. The fraction of sp³-hybridized carbons (Fsp3) is 0.923. The molecule has 0 aliphatic rings. The summed E-state index contributed by atoms with van der Waals surface area (Å²) in [6.07, 6.45) is 1.08. The third-order valence-corrected chi connectivity index (χ3v) is 3.10. The van der Waals surface area contributed by atoms with Gasteiger partial charge in [0.1, 0.15) is 0 Å². The van der Waals surface area contributed by atoms with Crippen molar-refractivity contribution in [3.8, 4) is 0 Å². The van der Waals surface area contributed by atoms with Gasteiger partial charge < -0.3 is 16.0 Å². The molecule has 0 bridgehead atoms. The van der Waals surface area contributed by atoms with Crippen LogP contribution < -0.4 is 11.1 Å². The Hall–Kier alpha value is -0.610. The van der Waals surface area contributed by atoms with Crippen LogP contribution in [0.2, 0.25) is 0 Å². The minimum absolute atomic E-state index is 0.0376. The summed E-state index contributed by atoms with van der Waals surface area (Å²) < 4.78 is 0. The van der Waals surface area contributed by atoms with E-state index in [1.165, 1.54) is 0 Å². The van der Waals surface area contributed by atoms with Gasteiger partial charge in [-0.15, -0.1) is 0 Å². The molecular formula is C13H29N3O. The van der Waals surface area contributed by atoms with Gasteiger partial charge in [-0.25, -0.2) is 0 Å². The molecule has 0 aromatic carbocycles. The van der Waals surface area contributed by atoms with Crippen molar-refractivity contribution in [3.05, 3.63) is 0 Å². The zero-order chi connectivity index (χ0) is 13.6. The van der Waals surface area contributed by atoms with E-state index in [1.54, 1.807) is 0 Å². The fourth-order valence-electron chi connectivity index (χ4n) is 1.56. The Morgan fingerprint density at radius 2 is 1.88 bits per heavy atom. The summed E-state index contributed by atoms with van der Waals surface area (Å²) in [6.45, 7) is 9.19. The van der Waals surface area contributed by atoms with Gasteiger partial charge in [-0.1, -0.05) is 13.8 Å². The second kappa shape index (κ2) is 6.97. The van der Waals surface area contributed by atoms with Gasteiger partial charge in [0.25, 0.3) is 0 Å². The van der Waals surface area contributed by atoms with Gasteiger partial charge in [-0.3, -0.25) is 4.79 Å². The molecule has 102 valence electrons. The van der Waals surface area contributed by atoms with Crippen molar-refractivity contribution in [2.75, 3.05) is 27.2 Å². The quantitative estimate of drug-likeness (QED) is 0.703. The Bertz CT molecular complexity index is 237. The molecule has 0 saturated heterocycles. The fourth-order valence-corrected chi connectivity index (χ4v) is 1.56. The standard InChI is InChI=1S/C13H29N3O/c1-10(2)7-11(16(5)6)8-15-12(17)13(3,4)9-14/h10-11H,7-9,14H2,1-6H3,(H,15,17). The van der Waals surface area contributed by atoms with Crippen LogP contribution in [0.3, 0.4) is 0 Å². The first-order valence-electron chi connectivity index (χ1n) is 6.35. The molecular weight excluding hydrogens is 214 g/mol. The van der Waals surface area contributed by atoms with Gasteiger partial charge >= 0.3 is 0 Å². The number of carbonyl (C=O) groups excluding carboxylic acids is 1. The van der Waals surface area contributed by atoms with Crippen molar-refractivity contribution in [2.24, 2.45) is 17.1 Å². The number of hydrogen-bond acceptors (Lipinski definition) is 3. The number of likely N-dealkylation sites (N-methyl/N-ethyl adjacent to an activating group) is 1. The molecule has 0 spiro atoms. The Kier molecular flexibility index (Phi) is 6.72. The average molecular weight is 243 g/mol. The molecule has 1 atom stereocenters. The van der Waals surface area contributed by atoms with E-state index in [1.807, 2.05) is 27.9 Å². The Balaban J connectivity index is 4.27. The molecule has 0 fully saturated rings. The molecule has 0 aromatic heterocycles. The van der Waals surface area contributed by atoms with Crippen LogP contribution in [0.15, 0.2) is 0 Å². The van der Waals surface area contributed by atoms with E-state index in [0.717, 1.165) is 6.42 Å². The van der Waals surface area contributed by atoms with Crippen molar-refractivity contribution >= 4 is 5.91 Å². The highest BCUT2D eigenvalue weighted by atomic mass is 16.2. The summed E-state index contributed by atoms with van der Waals surface area (Å²) in [5, 5.41) is 3.00. The van der Waals surface area contributed by atoms with Crippen LogP contribution in [0.25, 0.3) is 0 Å². The summed E-state index contributed by atoms with van der Waals surface area (Å²) in [7, 11) is 4.10. The molecule has 0 radical (unpaired) electrons. The molecule has 0 heterocycles. The largest absolute Gasteiger partial charge is 0.354 e. The lowest BCUT2D eigenvalue weighted by molar-refractivity contribution is -0.129. The molecule has 3 N–H and O–H groups in total. The molecule has 4 nitrogen and oxygen atoms in total. The third kappa shape index (κ3) is 6.03. The highest BCUT2D eigenvalue weighted by molar-refractivity contribution is 5.82. The van der Waals surface area contributed by atoms with Gasteiger partial charge in [-0.05, 0) is 40.3 Å². The highest BCUT2D eigenvalue weighted by Gasteiger charge is 2.26. The predicted octanol–water partition coefficient (Wildman–Crippen LogP) is 1.06. The van der Waals surface area contributed by atoms with Crippen molar-refractivity contribution in [1.29, 1.82) is 0 Å². The maximum atomic E-state index is 11.9. The predicted molar refractivity (Wildman–Crippen MR) is 72.8 cm³/mol. The molecule has 0 saturated carbocycles. The van der Waals surface area contributed by atoms with Gasteiger partial charge in [-0.2, -0.15) is 0 Å². The topological polar surface area (TPSA) is 58.4 Å². The first-order valence-corrected chi connectivity index (χ1v) is 6.35. The van der Waals surface area contributed by atoms with Gasteiger partial charge in [0, 0.05) is 19.1 Å². The third-order valence-electron chi connectivity index (χ3n) is 3.10. The molecule has 1 unspecified atom stereocenters. The molecule has 1 amide bonds. The Morgan fingerprint density at radius 3 is 2.24 bits per heavy atom. The molecule has 17 heavy (non-hydrogen) atoms. The van der Waals surface area contributed by atoms with Gasteiger partial charge in [0.15, 0.2) is 0 Å². The lowest BCUT2D eigenvalue weighted by Crippen LogP contribution is -2.47. The van der Waals surface area contributed by atoms with Gasteiger partial charge in [0.05, 0.1) is 5.41 Å². The van der Waals surface area contributed by atoms with Crippen LogP contribution in [-0.2, 0) is 4.79 Å². The van der Waals surface area contributed by atoms with Gasteiger partial charge in [0.2, 0.25) is 5.91 Å². The first kappa shape index (κ1) is 16.4. The number of nitrogens with two attached hydrogens (primary N) is 1. The molecule has 4 heteroatoms. The van der Waals surface area contributed by atoms with Crippen LogP contribution in [0, 0.1) is 11.3 Å². The van der Waals surface area contributed by atoms with E-state index in [-0.39, 0.29) is 5.91 Å². The van der Waals surface area contributed by atoms with E-state index >= 15 is 0 Å². The van der Waals surface area contributed by atoms with E-state index in [2.05, 4.69) is 24.1 Å². The van der Waals surface area contributed by atoms with Crippen molar-refractivity contribution < 1.29 is 4.79 Å². The van der Waals surface area contributed by atoms with Crippen LogP contribution >= 0.6 is 0 Å². The lowest BCUT2D eigenvalue weighted by atomic mass is 9.92. The number of rotatable bonds is 7. The Labute approximate surface area is 106 Å². The average Bonchev–Trinajstić information content (AvgIpc) is 2.22. The summed E-state index contributed by atoms with van der Waals surface area (Å²) in [5.41, 5.74) is 5.11. The SMILES string of the molecule is CC(C)CC(CNC(=O)C(C)(C)CN)N(C)C. The number of nitrogens with zero attached hydrogens (tertiary/aromatic N) is 1. The summed E-state index contributed by atoms with van der Waals surface area (Å²) >= 11 is 0. The highest BCUT2D eigenvalue weighted by Crippen LogP contribution is 2.13. The molecule has 0 aliphatic carbocycles. The maximum absolute atomic E-state index is 11.9. The van der Waals surface area contributed by atoms with Crippen LogP contribution in [-0.4, -0.2) is 44.0 Å². The van der Waals surface area contributed by atoms with Crippen LogP contribution in [0.4, 0.5) is 0 Å². The number of hydrogen-bond donors (Lipinski definition) is 2. The second-order valence-electron chi connectivity index (χ2n) is 6.05. The summed E-state index contributed by atoms with van der Waals surface area (Å²) in [6, 6.07) is 0.382. The van der Waals surface area contributed by atoms with Crippen molar-refractivity contribution in [3.63, 3.8) is 0 Å². The van der Waals surface area contributed by atoms with E-state index in [9.17, 15) is 4.79 Å². The molecule has 0 aromatic rings. The second-order valence-corrected chi connectivity index (χ2v) is 6.05. The maximum Gasteiger partial charge on any atom is 0.226 e. The van der Waals surface area contributed by atoms with E-state index < -0.39 is 5.41 Å². The first-order chi connectivity index (χ1) is 7.70. The Morgan fingerprint density at radius 1 is 1.35 bits per heavy atom. The number of amides is 1. The molecule has 0 rings (SSSR count). The minimum atomic E-state index is -0.477. The van der Waals surface area contributed by atoms with Crippen molar-refractivity contribution in [1.82, 2.24) is 10.2 Å². The zero-order valence-electron chi connectivity index (χ0n) is 12.2. The van der Waals surface area contributed by atoms with E-state index in [4.69, 9.17) is 5.73 Å². The minimum Gasteiger partial charge on any atom is -0.354 e. The number of nitrogens with one attached hydrogen (secondary N) is 1. The van der Waals surface area contributed by atoms with E-state index in [0.29, 0.717) is 25.0 Å². The summed E-state index contributed by atoms with van der Waals surface area (Å²) in [5.74, 6) is 0.664. The zero-order valence-corrected chi connectivity index (χ0v) is 12.2. The smallest absolute Gasteiger partial charge is 0.226 e.